The molecule has 18 heavy (non-hydrogen) atoms. The first-order valence-corrected chi connectivity index (χ1v) is 5.94. The van der Waals surface area contributed by atoms with Gasteiger partial charge >= 0.3 is 0 Å². The lowest BCUT2D eigenvalue weighted by Gasteiger charge is -2.13. The Balaban J connectivity index is 2.15. The Kier molecular flexibility index (Phi) is 2.64. The zero-order valence-electron chi connectivity index (χ0n) is 10.2. The van der Waals surface area contributed by atoms with Gasteiger partial charge < -0.3 is 14.7 Å². The lowest BCUT2D eigenvalue weighted by molar-refractivity contribution is 0.601. The fraction of sp³-hybridized carbons (Fsp3) is 0.214. The van der Waals surface area contributed by atoms with Crippen molar-refractivity contribution in [3.63, 3.8) is 0 Å². The van der Waals surface area contributed by atoms with E-state index >= 15 is 0 Å². The van der Waals surface area contributed by atoms with Crippen LogP contribution in [0.15, 0.2) is 47.3 Å². The number of hydrogen-bond donors (Lipinski definition) is 1. The molecule has 4 nitrogen and oxygen atoms in total. The minimum Gasteiger partial charge on any atom is -0.464 e. The topological polar surface area (TPSA) is 57.0 Å². The molecule has 92 valence electrons. The van der Waals surface area contributed by atoms with Crippen molar-refractivity contribution in [2.45, 2.75) is 5.92 Å². The summed E-state index contributed by atoms with van der Waals surface area (Å²) in [6.45, 7) is 0.508. The van der Waals surface area contributed by atoms with Crippen LogP contribution in [0.1, 0.15) is 17.3 Å². The van der Waals surface area contributed by atoms with E-state index in [0.717, 1.165) is 22.4 Å². The van der Waals surface area contributed by atoms with Crippen LogP contribution in [0.2, 0.25) is 0 Å². The minimum absolute atomic E-state index is 0.0636. The molecular weight excluding hydrogens is 226 g/mol. The van der Waals surface area contributed by atoms with Gasteiger partial charge in [0.2, 0.25) is 0 Å². The Bertz CT molecular complexity index is 668. The van der Waals surface area contributed by atoms with E-state index in [9.17, 15) is 0 Å². The summed E-state index contributed by atoms with van der Waals surface area (Å²) < 4.78 is 7.58. The van der Waals surface area contributed by atoms with Gasteiger partial charge in [0.1, 0.15) is 11.4 Å². The Morgan fingerprint density at radius 3 is 2.94 bits per heavy atom. The second kappa shape index (κ2) is 4.31. The first-order chi connectivity index (χ1) is 8.81. The van der Waals surface area contributed by atoms with Crippen LogP contribution < -0.4 is 5.73 Å². The molecule has 0 aliphatic heterocycles. The third kappa shape index (κ3) is 1.62. The van der Waals surface area contributed by atoms with E-state index in [1.165, 1.54) is 0 Å². The summed E-state index contributed by atoms with van der Waals surface area (Å²) >= 11 is 0. The van der Waals surface area contributed by atoms with Gasteiger partial charge in [0.15, 0.2) is 0 Å². The lowest BCUT2D eigenvalue weighted by atomic mass is 9.98. The first-order valence-electron chi connectivity index (χ1n) is 5.94. The molecule has 3 rings (SSSR count). The third-order valence-corrected chi connectivity index (χ3v) is 3.29. The van der Waals surface area contributed by atoms with Gasteiger partial charge in [-0.1, -0.05) is 18.2 Å². The Labute approximate surface area is 105 Å². The van der Waals surface area contributed by atoms with Crippen LogP contribution >= 0.6 is 0 Å². The average Bonchev–Trinajstić information content (AvgIpc) is 2.99. The number of nitrogens with two attached hydrogens (primary N) is 1. The number of nitrogens with zero attached hydrogens (tertiary/aromatic N) is 2. The molecular formula is C14H15N3O. The smallest absolute Gasteiger partial charge is 0.134 e. The molecule has 0 amide bonds. The number of benzene rings is 1. The largest absolute Gasteiger partial charge is 0.464 e. The highest BCUT2D eigenvalue weighted by Gasteiger charge is 2.20. The summed E-state index contributed by atoms with van der Waals surface area (Å²) in [5, 5.41) is 1.11. The van der Waals surface area contributed by atoms with E-state index in [2.05, 4.69) is 11.1 Å². The monoisotopic (exact) mass is 241 g/mol. The third-order valence-electron chi connectivity index (χ3n) is 3.29. The average molecular weight is 241 g/mol. The molecule has 0 spiro atoms. The molecule has 1 unspecified atom stereocenters. The van der Waals surface area contributed by atoms with Crippen LogP contribution in [0.25, 0.3) is 11.0 Å². The highest BCUT2D eigenvalue weighted by molar-refractivity contribution is 5.81. The molecule has 2 aromatic heterocycles. The maximum atomic E-state index is 5.92. The van der Waals surface area contributed by atoms with Crippen LogP contribution in [0.3, 0.4) is 0 Å². The number of imidazole rings is 1. The molecule has 2 heterocycles. The van der Waals surface area contributed by atoms with E-state index < -0.39 is 0 Å². The normalized spacial score (nSPS) is 13.0. The number of hydrogen-bond acceptors (Lipinski definition) is 3. The Morgan fingerprint density at radius 2 is 2.22 bits per heavy atom. The molecule has 1 aromatic carbocycles. The molecule has 0 radical (unpaired) electrons. The second-order valence-corrected chi connectivity index (χ2v) is 4.37. The summed E-state index contributed by atoms with van der Waals surface area (Å²) in [6, 6.07) is 7.99. The SMILES string of the molecule is Cn1ccnc1C(CN)c1coc2ccccc12. The molecule has 3 aromatic rings. The maximum absolute atomic E-state index is 5.92. The van der Waals surface area contributed by atoms with E-state index in [0.29, 0.717) is 6.54 Å². The zero-order chi connectivity index (χ0) is 12.5. The van der Waals surface area contributed by atoms with Gasteiger partial charge in [0, 0.05) is 36.9 Å². The van der Waals surface area contributed by atoms with Crippen molar-refractivity contribution in [2.24, 2.45) is 12.8 Å². The van der Waals surface area contributed by atoms with Crippen LogP contribution in [-0.2, 0) is 7.05 Å². The van der Waals surface area contributed by atoms with Crippen molar-refractivity contribution in [2.75, 3.05) is 6.54 Å². The fourth-order valence-electron chi connectivity index (χ4n) is 2.35. The Hall–Kier alpha value is -2.07. The van der Waals surface area contributed by atoms with Gasteiger partial charge in [-0.3, -0.25) is 0 Å². The van der Waals surface area contributed by atoms with Gasteiger partial charge in [0.25, 0.3) is 0 Å². The van der Waals surface area contributed by atoms with Gasteiger partial charge in [0.05, 0.1) is 12.2 Å². The van der Waals surface area contributed by atoms with Crippen LogP contribution in [0.5, 0.6) is 0 Å². The number of para-hydroxylation sites is 1. The standard InChI is InChI=1S/C14H15N3O/c1-17-7-6-16-14(17)11(8-15)12-9-18-13-5-3-2-4-10(12)13/h2-7,9,11H,8,15H2,1H3. The summed E-state index contributed by atoms with van der Waals surface area (Å²) in [5.74, 6) is 1.03. The summed E-state index contributed by atoms with van der Waals surface area (Å²) in [6.07, 6.45) is 5.51. The molecule has 2 N–H and O–H groups in total. The molecule has 4 heteroatoms. The van der Waals surface area contributed by atoms with Gasteiger partial charge in [-0.25, -0.2) is 4.98 Å². The van der Waals surface area contributed by atoms with Crippen molar-refractivity contribution in [3.8, 4) is 0 Å². The number of rotatable bonds is 3. The predicted octanol–water partition coefficient (Wildman–Crippen LogP) is 2.26. The fourth-order valence-corrected chi connectivity index (χ4v) is 2.35. The van der Waals surface area contributed by atoms with Crippen LogP contribution in [0.4, 0.5) is 0 Å². The zero-order valence-corrected chi connectivity index (χ0v) is 10.2. The van der Waals surface area contributed by atoms with E-state index in [4.69, 9.17) is 10.2 Å². The van der Waals surface area contributed by atoms with Crippen molar-refractivity contribution in [1.29, 1.82) is 0 Å². The van der Waals surface area contributed by atoms with E-state index in [1.807, 2.05) is 36.0 Å². The van der Waals surface area contributed by atoms with Crippen molar-refractivity contribution >= 4 is 11.0 Å². The molecule has 0 saturated carbocycles. The van der Waals surface area contributed by atoms with Crippen molar-refractivity contribution < 1.29 is 4.42 Å². The molecule has 1 atom stereocenters. The van der Waals surface area contributed by atoms with E-state index in [-0.39, 0.29) is 5.92 Å². The lowest BCUT2D eigenvalue weighted by Crippen LogP contribution is -2.17. The summed E-state index contributed by atoms with van der Waals surface area (Å²) in [7, 11) is 1.98. The minimum atomic E-state index is 0.0636. The number of fused-ring (bicyclic) bond motifs is 1. The second-order valence-electron chi connectivity index (χ2n) is 4.37. The Morgan fingerprint density at radius 1 is 1.39 bits per heavy atom. The van der Waals surface area contributed by atoms with E-state index in [1.54, 1.807) is 12.5 Å². The van der Waals surface area contributed by atoms with Crippen molar-refractivity contribution in [3.05, 3.63) is 54.3 Å². The molecule has 0 bridgehead atoms. The quantitative estimate of drug-likeness (QED) is 0.765. The number of aryl methyl sites for hydroxylation is 1. The van der Waals surface area contributed by atoms with Crippen molar-refractivity contribution in [1.82, 2.24) is 9.55 Å². The highest BCUT2D eigenvalue weighted by Crippen LogP contribution is 2.30. The maximum Gasteiger partial charge on any atom is 0.134 e. The number of aromatic nitrogens is 2. The predicted molar refractivity (Wildman–Crippen MR) is 70.3 cm³/mol. The summed E-state index contributed by atoms with van der Waals surface area (Å²) in [5.41, 5.74) is 7.91. The molecule has 0 saturated heterocycles. The molecule has 0 aliphatic rings. The molecule has 0 fully saturated rings. The van der Waals surface area contributed by atoms with Gasteiger partial charge in [-0.05, 0) is 6.07 Å². The highest BCUT2D eigenvalue weighted by atomic mass is 16.3. The molecule has 0 aliphatic carbocycles. The van der Waals surface area contributed by atoms with Crippen LogP contribution in [0, 0.1) is 0 Å². The first kappa shape index (κ1) is 11.0. The summed E-state index contributed by atoms with van der Waals surface area (Å²) in [4.78, 5) is 4.39. The number of furan rings is 1. The van der Waals surface area contributed by atoms with Crippen LogP contribution in [-0.4, -0.2) is 16.1 Å². The van der Waals surface area contributed by atoms with Gasteiger partial charge in [-0.15, -0.1) is 0 Å². The van der Waals surface area contributed by atoms with Gasteiger partial charge in [-0.2, -0.15) is 0 Å².